The van der Waals surface area contributed by atoms with E-state index in [-0.39, 0.29) is 10.8 Å². The molecule has 0 aliphatic carbocycles. The van der Waals surface area contributed by atoms with Crippen LogP contribution in [0, 0.1) is 0 Å². The van der Waals surface area contributed by atoms with Crippen molar-refractivity contribution in [3.05, 3.63) is 96.6 Å². The first kappa shape index (κ1) is 24.5. The average Bonchev–Trinajstić information content (AvgIpc) is 3.47. The van der Waals surface area contributed by atoms with Crippen LogP contribution in [-0.2, 0) is 10.8 Å². The molecule has 4 aromatic carbocycles. The third-order valence-electron chi connectivity index (χ3n) is 7.54. The summed E-state index contributed by atoms with van der Waals surface area (Å²) in [4.78, 5) is 15.0. The topological polar surface area (TPSA) is 56.7 Å². The van der Waals surface area contributed by atoms with Gasteiger partial charge in [-0.2, -0.15) is 0 Å². The van der Waals surface area contributed by atoms with Crippen LogP contribution < -0.4 is 0 Å². The van der Waals surface area contributed by atoms with E-state index >= 15 is 0 Å². The maximum absolute atomic E-state index is 6.50. The minimum Gasteiger partial charge on any atom is -0.455 e. The number of nitrogens with zero attached hydrogens (tertiary/aromatic N) is 4. The predicted molar refractivity (Wildman–Crippen MR) is 164 cm³/mol. The average molecular weight is 525 g/mol. The number of furan rings is 1. The molecule has 0 saturated heterocycles. The predicted octanol–water partition coefficient (Wildman–Crippen LogP) is 9.13. The molecule has 0 aliphatic rings. The van der Waals surface area contributed by atoms with Crippen LogP contribution in [-0.4, -0.2) is 19.5 Å². The second-order valence-electron chi connectivity index (χ2n) is 12.6. The lowest BCUT2D eigenvalue weighted by molar-refractivity contribution is 0.497. The van der Waals surface area contributed by atoms with E-state index < -0.39 is 0 Å². The normalized spacial score (nSPS) is 12.8. The number of hydrogen-bond acceptors (Lipinski definition) is 4. The van der Waals surface area contributed by atoms with E-state index in [1.165, 1.54) is 0 Å². The summed E-state index contributed by atoms with van der Waals surface area (Å²) >= 11 is 0. The Morgan fingerprint density at radius 3 is 1.93 bits per heavy atom. The Labute approximate surface area is 233 Å². The van der Waals surface area contributed by atoms with Gasteiger partial charge in [-0.25, -0.2) is 15.0 Å². The molecule has 0 unspecified atom stereocenters. The molecule has 7 rings (SSSR count). The minimum absolute atomic E-state index is 0.216. The molecular weight excluding hydrogens is 492 g/mol. The molecule has 198 valence electrons. The summed E-state index contributed by atoms with van der Waals surface area (Å²) < 4.78 is 8.82. The second kappa shape index (κ2) is 8.49. The number of benzene rings is 4. The van der Waals surface area contributed by atoms with Crippen molar-refractivity contribution in [3.63, 3.8) is 0 Å². The first-order valence-electron chi connectivity index (χ1n) is 13.8. The number of aromatic nitrogens is 4. The zero-order valence-electron chi connectivity index (χ0n) is 23.8. The van der Waals surface area contributed by atoms with Gasteiger partial charge in [0.25, 0.3) is 0 Å². The summed E-state index contributed by atoms with van der Waals surface area (Å²) in [6.07, 6.45) is 0. The van der Waals surface area contributed by atoms with E-state index in [4.69, 9.17) is 19.4 Å². The molecular formula is C35H32N4O. The van der Waals surface area contributed by atoms with Crippen LogP contribution in [0.1, 0.15) is 53.2 Å². The van der Waals surface area contributed by atoms with Crippen molar-refractivity contribution in [2.24, 2.45) is 0 Å². The molecule has 3 aromatic heterocycles. The molecule has 0 bridgehead atoms. The van der Waals surface area contributed by atoms with Gasteiger partial charge >= 0.3 is 0 Å². The quantitative estimate of drug-likeness (QED) is 0.226. The van der Waals surface area contributed by atoms with Crippen LogP contribution in [0.5, 0.6) is 0 Å². The highest BCUT2D eigenvalue weighted by Gasteiger charge is 2.27. The molecule has 0 spiro atoms. The van der Waals surface area contributed by atoms with Crippen LogP contribution in [0.25, 0.3) is 60.8 Å². The Morgan fingerprint density at radius 2 is 1.20 bits per heavy atom. The van der Waals surface area contributed by atoms with Gasteiger partial charge in [0.15, 0.2) is 5.82 Å². The van der Waals surface area contributed by atoms with Gasteiger partial charge < -0.3 is 8.98 Å². The van der Waals surface area contributed by atoms with E-state index in [1.54, 1.807) is 0 Å². The second-order valence-corrected chi connectivity index (χ2v) is 12.6. The zero-order valence-corrected chi connectivity index (χ0v) is 23.8. The van der Waals surface area contributed by atoms with Gasteiger partial charge in [0, 0.05) is 32.6 Å². The monoisotopic (exact) mass is 524 g/mol. The van der Waals surface area contributed by atoms with Gasteiger partial charge in [-0.05, 0) is 36.4 Å². The number of hydrogen-bond donors (Lipinski definition) is 0. The molecule has 0 radical (unpaired) electrons. The molecule has 3 heterocycles. The van der Waals surface area contributed by atoms with Crippen LogP contribution in [0.2, 0.25) is 0 Å². The van der Waals surface area contributed by atoms with Gasteiger partial charge in [0.2, 0.25) is 0 Å². The van der Waals surface area contributed by atoms with Gasteiger partial charge in [-0.15, -0.1) is 0 Å². The summed E-state index contributed by atoms with van der Waals surface area (Å²) in [7, 11) is 0. The lowest BCUT2D eigenvalue weighted by atomic mass is 9.93. The first-order valence-corrected chi connectivity index (χ1v) is 13.8. The fraction of sp³-hybridized carbons (Fsp3) is 0.229. The summed E-state index contributed by atoms with van der Waals surface area (Å²) in [6.45, 7) is 12.9. The van der Waals surface area contributed by atoms with Crippen molar-refractivity contribution in [2.75, 3.05) is 0 Å². The van der Waals surface area contributed by atoms with Gasteiger partial charge in [-0.3, -0.25) is 0 Å². The van der Waals surface area contributed by atoms with Crippen molar-refractivity contribution in [2.45, 2.75) is 52.4 Å². The molecule has 0 N–H and O–H groups in total. The fourth-order valence-corrected chi connectivity index (χ4v) is 5.52. The zero-order chi connectivity index (χ0) is 27.8. The largest absolute Gasteiger partial charge is 0.455 e. The van der Waals surface area contributed by atoms with Crippen LogP contribution >= 0.6 is 0 Å². The Bertz CT molecular complexity index is 2050. The highest BCUT2D eigenvalue weighted by molar-refractivity contribution is 6.23. The highest BCUT2D eigenvalue weighted by atomic mass is 16.3. The molecule has 5 heteroatoms. The standard InChI is InChI=1S/C35H32N4O/c1-34(2,3)32-36-31(37-33(38-32)35(4,5)6)24-15-8-11-17-26(24)39-25-16-10-7-14-23(25)29-27(39)20-19-22-21-13-9-12-18-28(21)40-30(22)29/h7-20H,1-6H3. The number of para-hydroxylation sites is 3. The minimum atomic E-state index is -0.216. The summed E-state index contributed by atoms with van der Waals surface area (Å²) in [6, 6.07) is 29.6. The van der Waals surface area contributed by atoms with E-state index in [1.807, 2.05) is 12.1 Å². The molecule has 0 fully saturated rings. The third kappa shape index (κ3) is 3.72. The lowest BCUT2D eigenvalue weighted by Gasteiger charge is -2.23. The summed E-state index contributed by atoms with van der Waals surface area (Å²) in [5.41, 5.74) is 5.57. The molecule has 7 aromatic rings. The lowest BCUT2D eigenvalue weighted by Crippen LogP contribution is -2.24. The highest BCUT2D eigenvalue weighted by Crippen LogP contribution is 2.41. The number of rotatable bonds is 2. The van der Waals surface area contributed by atoms with Crippen molar-refractivity contribution in [1.82, 2.24) is 19.5 Å². The Kier molecular flexibility index (Phi) is 5.21. The SMILES string of the molecule is CC(C)(C)c1nc(-c2ccccc2-n2c3ccccc3c3c4oc5ccccc5c4ccc32)nc(C(C)(C)C)n1. The maximum Gasteiger partial charge on any atom is 0.165 e. The van der Waals surface area contributed by atoms with Gasteiger partial charge in [-0.1, -0.05) is 90.1 Å². The summed E-state index contributed by atoms with van der Waals surface area (Å²) in [5.74, 6) is 2.28. The molecule has 0 aliphatic heterocycles. The maximum atomic E-state index is 6.50. The first-order chi connectivity index (χ1) is 19.1. The third-order valence-corrected chi connectivity index (χ3v) is 7.54. The van der Waals surface area contributed by atoms with Crippen LogP contribution in [0.15, 0.2) is 89.3 Å². The Balaban J connectivity index is 1.57. The smallest absolute Gasteiger partial charge is 0.165 e. The van der Waals surface area contributed by atoms with E-state index in [0.717, 1.165) is 66.6 Å². The number of fused-ring (bicyclic) bond motifs is 7. The van der Waals surface area contributed by atoms with Crippen LogP contribution in [0.4, 0.5) is 0 Å². The van der Waals surface area contributed by atoms with Gasteiger partial charge in [0.05, 0.1) is 22.1 Å². The van der Waals surface area contributed by atoms with E-state index in [2.05, 4.69) is 119 Å². The molecule has 0 atom stereocenters. The fourth-order valence-electron chi connectivity index (χ4n) is 5.52. The van der Waals surface area contributed by atoms with E-state index in [0.29, 0.717) is 5.82 Å². The van der Waals surface area contributed by atoms with Gasteiger partial charge in [0.1, 0.15) is 22.8 Å². The van der Waals surface area contributed by atoms with Crippen LogP contribution in [0.3, 0.4) is 0 Å². The van der Waals surface area contributed by atoms with Crippen molar-refractivity contribution in [3.8, 4) is 17.1 Å². The Morgan fingerprint density at radius 1 is 0.575 bits per heavy atom. The molecule has 0 amide bonds. The Hall–Kier alpha value is -4.51. The molecule has 0 saturated carbocycles. The molecule has 5 nitrogen and oxygen atoms in total. The molecule has 40 heavy (non-hydrogen) atoms. The summed E-state index contributed by atoms with van der Waals surface area (Å²) in [5, 5.41) is 4.52. The van der Waals surface area contributed by atoms with Crippen molar-refractivity contribution >= 4 is 43.7 Å². The van der Waals surface area contributed by atoms with Crippen molar-refractivity contribution < 1.29 is 4.42 Å². The van der Waals surface area contributed by atoms with E-state index in [9.17, 15) is 0 Å². The van der Waals surface area contributed by atoms with Crippen molar-refractivity contribution in [1.29, 1.82) is 0 Å².